The van der Waals surface area contributed by atoms with Gasteiger partial charge in [0.25, 0.3) is 0 Å². The van der Waals surface area contributed by atoms with Crippen molar-refractivity contribution >= 4 is 6.21 Å². The fraction of sp³-hybridized carbons (Fsp3) is 0.562. The van der Waals surface area contributed by atoms with E-state index in [1.807, 2.05) is 0 Å². The molecule has 0 unspecified atom stereocenters. The van der Waals surface area contributed by atoms with Crippen LogP contribution in [-0.2, 0) is 6.18 Å². The Bertz CT molecular complexity index is 489. The maximum Gasteiger partial charge on any atom is 0.417 e. The van der Waals surface area contributed by atoms with E-state index in [1.54, 1.807) is 12.1 Å². The molecule has 0 radical (unpaired) electrons. The minimum Gasteiger partial charge on any atom is -0.308 e. The molecular formula is C16H21F3N2. The molecule has 1 aliphatic heterocycles. The van der Waals surface area contributed by atoms with E-state index in [0.717, 1.165) is 45.1 Å². The summed E-state index contributed by atoms with van der Waals surface area (Å²) in [7, 11) is 0. The molecule has 0 atom stereocenters. The van der Waals surface area contributed by atoms with Gasteiger partial charge in [-0.05, 0) is 50.4 Å². The maximum atomic E-state index is 13.3. The summed E-state index contributed by atoms with van der Waals surface area (Å²) in [6.07, 6.45) is -1.01. The number of halogens is 3. The molecule has 0 aromatic heterocycles. The van der Waals surface area contributed by atoms with Crippen molar-refractivity contribution in [1.82, 2.24) is 4.90 Å². The number of rotatable bonds is 4. The summed E-state index contributed by atoms with van der Waals surface area (Å²) in [6.45, 7) is 4.83. The molecule has 1 aliphatic rings. The quantitative estimate of drug-likeness (QED) is 0.825. The average molecular weight is 298 g/mol. The van der Waals surface area contributed by atoms with E-state index in [9.17, 15) is 13.2 Å². The number of hydrogen-bond donors (Lipinski definition) is 1. The summed E-state index contributed by atoms with van der Waals surface area (Å²) >= 11 is 0. The standard InChI is InChI=1S/C16H21F3N2/c1-2-8-21-9-6-12(7-10-21)14-5-3-4-13(11-20)15(14)16(17,18)19/h3-5,11-12,20H,2,6-10H2,1H3. The summed E-state index contributed by atoms with van der Waals surface area (Å²) in [5, 5.41) is 7.23. The number of alkyl halides is 3. The number of benzene rings is 1. The first kappa shape index (κ1) is 16.0. The van der Waals surface area contributed by atoms with Crippen molar-refractivity contribution in [3.63, 3.8) is 0 Å². The minimum absolute atomic E-state index is 0.0315. The SMILES string of the molecule is CCCN1CCC(c2cccc(C=N)c2C(F)(F)F)CC1. The maximum absolute atomic E-state index is 13.3. The molecule has 1 aromatic carbocycles. The Hall–Kier alpha value is -1.36. The van der Waals surface area contributed by atoms with Gasteiger partial charge in [-0.25, -0.2) is 0 Å². The van der Waals surface area contributed by atoms with Crippen molar-refractivity contribution in [2.24, 2.45) is 0 Å². The summed E-state index contributed by atoms with van der Waals surface area (Å²) in [6, 6.07) is 4.57. The van der Waals surface area contributed by atoms with Crippen molar-refractivity contribution in [3.8, 4) is 0 Å². The van der Waals surface area contributed by atoms with Gasteiger partial charge in [0.05, 0.1) is 5.56 Å². The van der Waals surface area contributed by atoms with Crippen LogP contribution < -0.4 is 0 Å². The zero-order chi connectivity index (χ0) is 15.5. The first-order chi connectivity index (χ1) is 9.97. The minimum atomic E-state index is -4.40. The molecule has 0 bridgehead atoms. The first-order valence-electron chi connectivity index (χ1n) is 7.40. The molecular weight excluding hydrogens is 277 g/mol. The topological polar surface area (TPSA) is 27.1 Å². The fourth-order valence-corrected chi connectivity index (χ4v) is 3.16. The molecule has 116 valence electrons. The zero-order valence-corrected chi connectivity index (χ0v) is 12.2. The molecule has 21 heavy (non-hydrogen) atoms. The van der Waals surface area contributed by atoms with Crippen LogP contribution in [0.4, 0.5) is 13.2 Å². The molecule has 1 aromatic rings. The largest absolute Gasteiger partial charge is 0.417 e. The normalized spacial score (nSPS) is 17.9. The van der Waals surface area contributed by atoms with Crippen molar-refractivity contribution < 1.29 is 13.2 Å². The number of piperidine rings is 1. The highest BCUT2D eigenvalue weighted by Gasteiger charge is 2.37. The van der Waals surface area contributed by atoms with Gasteiger partial charge in [0.15, 0.2) is 0 Å². The Balaban J connectivity index is 2.27. The second-order valence-corrected chi connectivity index (χ2v) is 5.57. The van der Waals surface area contributed by atoms with Crippen LogP contribution in [0.5, 0.6) is 0 Å². The van der Waals surface area contributed by atoms with E-state index < -0.39 is 11.7 Å². The Morgan fingerprint density at radius 3 is 2.48 bits per heavy atom. The van der Waals surface area contributed by atoms with Gasteiger partial charge in [-0.15, -0.1) is 0 Å². The average Bonchev–Trinajstić information content (AvgIpc) is 2.46. The molecule has 1 heterocycles. The van der Waals surface area contributed by atoms with Crippen LogP contribution in [0.15, 0.2) is 18.2 Å². The number of nitrogens with one attached hydrogen (secondary N) is 1. The molecule has 2 rings (SSSR count). The lowest BCUT2D eigenvalue weighted by Gasteiger charge is -2.33. The molecule has 1 N–H and O–H groups in total. The predicted molar refractivity (Wildman–Crippen MR) is 78.0 cm³/mol. The highest BCUT2D eigenvalue weighted by Crippen LogP contribution is 2.40. The lowest BCUT2D eigenvalue weighted by Crippen LogP contribution is -2.34. The van der Waals surface area contributed by atoms with Crippen LogP contribution in [0.2, 0.25) is 0 Å². The van der Waals surface area contributed by atoms with Gasteiger partial charge >= 0.3 is 6.18 Å². The van der Waals surface area contributed by atoms with Crippen LogP contribution in [0.25, 0.3) is 0 Å². The monoisotopic (exact) mass is 298 g/mol. The molecule has 0 saturated carbocycles. The third-order valence-corrected chi connectivity index (χ3v) is 4.14. The number of likely N-dealkylation sites (tertiary alicyclic amines) is 1. The van der Waals surface area contributed by atoms with Crippen molar-refractivity contribution in [1.29, 1.82) is 5.41 Å². The molecule has 0 amide bonds. The van der Waals surface area contributed by atoms with E-state index in [0.29, 0.717) is 5.56 Å². The van der Waals surface area contributed by atoms with E-state index in [-0.39, 0.29) is 11.5 Å². The van der Waals surface area contributed by atoms with Gasteiger partial charge in [0.2, 0.25) is 0 Å². The highest BCUT2D eigenvalue weighted by molar-refractivity contribution is 5.80. The van der Waals surface area contributed by atoms with Gasteiger partial charge in [-0.1, -0.05) is 25.1 Å². The lowest BCUT2D eigenvalue weighted by atomic mass is 9.84. The first-order valence-corrected chi connectivity index (χ1v) is 7.40. The van der Waals surface area contributed by atoms with Gasteiger partial charge in [-0.3, -0.25) is 0 Å². The van der Waals surface area contributed by atoms with Crippen LogP contribution >= 0.6 is 0 Å². The van der Waals surface area contributed by atoms with Crippen molar-refractivity contribution in [2.75, 3.05) is 19.6 Å². The molecule has 1 fully saturated rings. The van der Waals surface area contributed by atoms with Crippen molar-refractivity contribution in [3.05, 3.63) is 34.9 Å². The number of nitrogens with zero attached hydrogens (tertiary/aromatic N) is 1. The van der Waals surface area contributed by atoms with E-state index in [4.69, 9.17) is 5.41 Å². The Morgan fingerprint density at radius 2 is 1.95 bits per heavy atom. The highest BCUT2D eigenvalue weighted by atomic mass is 19.4. The summed E-state index contributed by atoms with van der Waals surface area (Å²) in [4.78, 5) is 2.31. The fourth-order valence-electron chi connectivity index (χ4n) is 3.16. The van der Waals surface area contributed by atoms with E-state index >= 15 is 0 Å². The molecule has 5 heteroatoms. The van der Waals surface area contributed by atoms with Crippen LogP contribution in [0.3, 0.4) is 0 Å². The smallest absolute Gasteiger partial charge is 0.308 e. The van der Waals surface area contributed by atoms with Gasteiger partial charge in [0.1, 0.15) is 0 Å². The predicted octanol–water partition coefficient (Wildman–Crippen LogP) is 4.29. The summed E-state index contributed by atoms with van der Waals surface area (Å²) in [5.41, 5.74) is -0.287. The van der Waals surface area contributed by atoms with Crippen LogP contribution in [0.1, 0.15) is 48.8 Å². The van der Waals surface area contributed by atoms with Crippen molar-refractivity contribution in [2.45, 2.75) is 38.3 Å². The van der Waals surface area contributed by atoms with E-state index in [2.05, 4.69) is 11.8 Å². The second kappa shape index (κ2) is 6.60. The molecule has 0 aliphatic carbocycles. The summed E-state index contributed by atoms with van der Waals surface area (Å²) in [5.74, 6) is -0.0605. The van der Waals surface area contributed by atoms with Gasteiger partial charge in [0, 0.05) is 11.8 Å². The Morgan fingerprint density at radius 1 is 1.29 bits per heavy atom. The lowest BCUT2D eigenvalue weighted by molar-refractivity contribution is -0.138. The number of hydrogen-bond acceptors (Lipinski definition) is 2. The molecule has 2 nitrogen and oxygen atoms in total. The Labute approximate surface area is 123 Å². The van der Waals surface area contributed by atoms with Gasteiger partial charge < -0.3 is 10.3 Å². The second-order valence-electron chi connectivity index (χ2n) is 5.57. The summed E-state index contributed by atoms with van der Waals surface area (Å²) < 4.78 is 40.0. The zero-order valence-electron chi connectivity index (χ0n) is 12.2. The third-order valence-electron chi connectivity index (χ3n) is 4.14. The Kier molecular flexibility index (Phi) is 5.04. The molecule has 1 saturated heterocycles. The van der Waals surface area contributed by atoms with Crippen LogP contribution in [0, 0.1) is 5.41 Å². The van der Waals surface area contributed by atoms with Gasteiger partial charge in [-0.2, -0.15) is 13.2 Å². The molecule has 0 spiro atoms. The third kappa shape index (κ3) is 3.64. The van der Waals surface area contributed by atoms with Crippen LogP contribution in [-0.4, -0.2) is 30.7 Å². The van der Waals surface area contributed by atoms with E-state index in [1.165, 1.54) is 6.07 Å².